The van der Waals surface area contributed by atoms with Crippen molar-refractivity contribution >= 4 is 5.91 Å². The van der Waals surface area contributed by atoms with Crippen molar-refractivity contribution in [1.82, 2.24) is 10.2 Å². The largest absolute Gasteiger partial charge is 0.490 e. The molecule has 0 atom stereocenters. The molecule has 2 rings (SSSR count). The lowest BCUT2D eigenvalue weighted by molar-refractivity contribution is 0.0785. The molecule has 0 bridgehead atoms. The van der Waals surface area contributed by atoms with E-state index in [0.717, 1.165) is 25.1 Å². The minimum absolute atomic E-state index is 0.0247. The minimum atomic E-state index is 0.0247. The van der Waals surface area contributed by atoms with Gasteiger partial charge in [-0.3, -0.25) is 4.79 Å². The van der Waals surface area contributed by atoms with E-state index in [9.17, 15) is 4.79 Å². The van der Waals surface area contributed by atoms with Gasteiger partial charge in [0.2, 0.25) is 0 Å². The summed E-state index contributed by atoms with van der Waals surface area (Å²) in [5.74, 6) is 0.752. The monoisotopic (exact) mass is 290 g/mol. The molecule has 1 fully saturated rings. The number of nitrogens with one attached hydrogen (secondary N) is 1. The number of amides is 1. The summed E-state index contributed by atoms with van der Waals surface area (Å²) in [5.41, 5.74) is 0.668. The molecule has 0 unspecified atom stereocenters. The zero-order valence-corrected chi connectivity index (χ0v) is 13.1. The highest BCUT2D eigenvalue weighted by atomic mass is 16.5. The van der Waals surface area contributed by atoms with E-state index in [4.69, 9.17) is 4.74 Å². The quantitative estimate of drug-likeness (QED) is 0.876. The number of ether oxygens (including phenoxy) is 1. The molecule has 21 heavy (non-hydrogen) atoms. The maximum atomic E-state index is 12.5. The molecular formula is C17H26N2O2. The Hall–Kier alpha value is -1.55. The molecule has 1 aliphatic carbocycles. The van der Waals surface area contributed by atoms with E-state index in [1.807, 2.05) is 38.4 Å². The van der Waals surface area contributed by atoms with Crippen LogP contribution in [0, 0.1) is 0 Å². The molecule has 1 amide bonds. The molecule has 4 nitrogen and oxygen atoms in total. The Morgan fingerprint density at radius 2 is 2.00 bits per heavy atom. The van der Waals surface area contributed by atoms with Gasteiger partial charge in [-0.2, -0.15) is 0 Å². The normalized spacial score (nSPS) is 15.7. The Kier molecular flexibility index (Phi) is 6.05. The van der Waals surface area contributed by atoms with Crippen LogP contribution in [0.4, 0.5) is 0 Å². The average molecular weight is 290 g/mol. The van der Waals surface area contributed by atoms with Crippen LogP contribution in [0.2, 0.25) is 0 Å². The van der Waals surface area contributed by atoms with E-state index in [1.54, 1.807) is 4.90 Å². The summed E-state index contributed by atoms with van der Waals surface area (Å²) in [6.45, 7) is 1.47. The number of para-hydroxylation sites is 1. The fourth-order valence-electron chi connectivity index (χ4n) is 2.70. The molecule has 0 radical (unpaired) electrons. The highest BCUT2D eigenvalue weighted by Crippen LogP contribution is 2.26. The summed E-state index contributed by atoms with van der Waals surface area (Å²) in [4.78, 5) is 14.3. The van der Waals surface area contributed by atoms with Crippen LogP contribution >= 0.6 is 0 Å². The van der Waals surface area contributed by atoms with E-state index < -0.39 is 0 Å². The summed E-state index contributed by atoms with van der Waals surface area (Å²) in [6, 6.07) is 7.60. The van der Waals surface area contributed by atoms with Crippen molar-refractivity contribution in [1.29, 1.82) is 0 Å². The zero-order valence-electron chi connectivity index (χ0n) is 13.1. The fourth-order valence-corrected chi connectivity index (χ4v) is 2.70. The lowest BCUT2D eigenvalue weighted by atomic mass is 9.97. The van der Waals surface area contributed by atoms with Crippen LogP contribution in [0.3, 0.4) is 0 Å². The van der Waals surface area contributed by atoms with Gasteiger partial charge in [0.15, 0.2) is 0 Å². The fraction of sp³-hybridized carbons (Fsp3) is 0.588. The first-order valence-corrected chi connectivity index (χ1v) is 7.88. The summed E-state index contributed by atoms with van der Waals surface area (Å²) in [7, 11) is 3.72. The van der Waals surface area contributed by atoms with Crippen molar-refractivity contribution in [2.75, 3.05) is 27.2 Å². The van der Waals surface area contributed by atoms with Gasteiger partial charge in [0.25, 0.3) is 5.91 Å². The van der Waals surface area contributed by atoms with E-state index in [1.165, 1.54) is 19.3 Å². The molecule has 1 aromatic carbocycles. The van der Waals surface area contributed by atoms with Gasteiger partial charge >= 0.3 is 0 Å². The maximum absolute atomic E-state index is 12.5. The molecule has 0 spiro atoms. The zero-order chi connectivity index (χ0) is 15.1. The third-order valence-corrected chi connectivity index (χ3v) is 4.01. The second kappa shape index (κ2) is 8.03. The Labute approximate surface area is 127 Å². The number of nitrogens with zero attached hydrogens (tertiary/aromatic N) is 1. The van der Waals surface area contributed by atoms with Crippen LogP contribution in [-0.2, 0) is 0 Å². The first kappa shape index (κ1) is 15.8. The highest BCUT2D eigenvalue weighted by Gasteiger charge is 2.20. The molecule has 0 aromatic heterocycles. The third-order valence-electron chi connectivity index (χ3n) is 4.01. The van der Waals surface area contributed by atoms with Crippen LogP contribution in [-0.4, -0.2) is 44.1 Å². The second-order valence-electron chi connectivity index (χ2n) is 5.70. The molecule has 4 heteroatoms. The van der Waals surface area contributed by atoms with Gasteiger partial charge < -0.3 is 15.0 Å². The number of likely N-dealkylation sites (N-methyl/N-ethyl adjacent to an activating group) is 2. The third kappa shape index (κ3) is 4.46. The van der Waals surface area contributed by atoms with Crippen molar-refractivity contribution < 1.29 is 9.53 Å². The smallest absolute Gasteiger partial charge is 0.257 e. The molecule has 1 aromatic rings. The number of benzene rings is 1. The van der Waals surface area contributed by atoms with Gasteiger partial charge in [0.1, 0.15) is 5.75 Å². The Morgan fingerprint density at radius 1 is 1.29 bits per heavy atom. The first-order chi connectivity index (χ1) is 10.2. The van der Waals surface area contributed by atoms with Gasteiger partial charge in [-0.05, 0) is 44.9 Å². The van der Waals surface area contributed by atoms with Crippen LogP contribution < -0.4 is 10.1 Å². The molecule has 0 heterocycles. The van der Waals surface area contributed by atoms with Crippen LogP contribution in [0.25, 0.3) is 0 Å². The van der Waals surface area contributed by atoms with Crippen molar-refractivity contribution in [3.8, 4) is 5.75 Å². The van der Waals surface area contributed by atoms with E-state index in [2.05, 4.69) is 5.32 Å². The average Bonchev–Trinajstić information content (AvgIpc) is 2.53. The maximum Gasteiger partial charge on any atom is 0.257 e. The topological polar surface area (TPSA) is 41.6 Å². The number of rotatable bonds is 6. The predicted octanol–water partition coefficient (Wildman–Crippen LogP) is 2.69. The van der Waals surface area contributed by atoms with Gasteiger partial charge in [-0.1, -0.05) is 18.6 Å². The number of carbonyl (C=O) groups is 1. The lowest BCUT2D eigenvalue weighted by Crippen LogP contribution is -2.33. The minimum Gasteiger partial charge on any atom is -0.490 e. The van der Waals surface area contributed by atoms with Crippen molar-refractivity contribution in [3.05, 3.63) is 29.8 Å². The second-order valence-corrected chi connectivity index (χ2v) is 5.70. The van der Waals surface area contributed by atoms with Gasteiger partial charge in [-0.15, -0.1) is 0 Å². The van der Waals surface area contributed by atoms with E-state index in [0.29, 0.717) is 12.1 Å². The highest BCUT2D eigenvalue weighted by molar-refractivity contribution is 5.96. The number of carbonyl (C=O) groups excluding carboxylic acids is 1. The lowest BCUT2D eigenvalue weighted by Gasteiger charge is -2.25. The summed E-state index contributed by atoms with van der Waals surface area (Å²) in [6.07, 6.45) is 6.20. The molecule has 1 N–H and O–H groups in total. The number of hydrogen-bond donors (Lipinski definition) is 1. The molecule has 0 aliphatic heterocycles. The standard InChI is InChI=1S/C17H26N2O2/c1-18-12-13-19(2)17(20)15-10-6-7-11-16(15)21-14-8-4-3-5-9-14/h6-7,10-11,14,18H,3-5,8-9,12-13H2,1-2H3. The van der Waals surface area contributed by atoms with Crippen LogP contribution in [0.5, 0.6) is 5.75 Å². The Bertz CT molecular complexity index is 456. The van der Waals surface area contributed by atoms with E-state index >= 15 is 0 Å². The van der Waals surface area contributed by atoms with E-state index in [-0.39, 0.29) is 12.0 Å². The van der Waals surface area contributed by atoms with Crippen molar-refractivity contribution in [2.45, 2.75) is 38.2 Å². The van der Waals surface area contributed by atoms with Crippen molar-refractivity contribution in [3.63, 3.8) is 0 Å². The summed E-state index contributed by atoms with van der Waals surface area (Å²) >= 11 is 0. The Morgan fingerprint density at radius 3 is 2.71 bits per heavy atom. The molecule has 116 valence electrons. The molecular weight excluding hydrogens is 264 g/mol. The van der Waals surface area contributed by atoms with Crippen LogP contribution in [0.15, 0.2) is 24.3 Å². The van der Waals surface area contributed by atoms with Crippen LogP contribution in [0.1, 0.15) is 42.5 Å². The number of hydrogen-bond acceptors (Lipinski definition) is 3. The van der Waals surface area contributed by atoms with Gasteiger partial charge in [0, 0.05) is 20.1 Å². The summed E-state index contributed by atoms with van der Waals surface area (Å²) in [5, 5.41) is 3.06. The van der Waals surface area contributed by atoms with Gasteiger partial charge in [-0.25, -0.2) is 0 Å². The Balaban J connectivity index is 2.06. The first-order valence-electron chi connectivity index (χ1n) is 7.88. The van der Waals surface area contributed by atoms with Crippen molar-refractivity contribution in [2.24, 2.45) is 0 Å². The molecule has 0 saturated heterocycles. The molecule has 1 aliphatic rings. The predicted molar refractivity (Wildman–Crippen MR) is 84.8 cm³/mol. The van der Waals surface area contributed by atoms with Gasteiger partial charge in [0.05, 0.1) is 11.7 Å². The SMILES string of the molecule is CNCCN(C)C(=O)c1ccccc1OC1CCCCC1. The molecule has 1 saturated carbocycles. The summed E-state index contributed by atoms with van der Waals surface area (Å²) < 4.78 is 6.10.